The summed E-state index contributed by atoms with van der Waals surface area (Å²) in [5.74, 6) is 0.930. The number of rotatable bonds is 4. The summed E-state index contributed by atoms with van der Waals surface area (Å²) in [6, 6.07) is 9.25. The number of nitrogens with zero attached hydrogens (tertiary/aromatic N) is 2. The number of ether oxygens (including phenoxy) is 1. The maximum Gasteiger partial charge on any atom is 0.248 e. The van der Waals surface area contributed by atoms with Crippen molar-refractivity contribution in [1.82, 2.24) is 10.1 Å². The third-order valence-electron chi connectivity index (χ3n) is 3.14. The van der Waals surface area contributed by atoms with Crippen LogP contribution in [0.15, 0.2) is 34.9 Å². The van der Waals surface area contributed by atoms with Gasteiger partial charge in [-0.25, -0.2) is 0 Å². The Morgan fingerprint density at radius 3 is 2.40 bits per heavy atom. The topological polar surface area (TPSA) is 74.2 Å². The smallest absolute Gasteiger partial charge is 0.248 e. The average molecular weight is 275 g/mol. The molecule has 1 aromatic heterocycles. The Balaban J connectivity index is 2.25. The second-order valence-corrected chi connectivity index (χ2v) is 5.86. The Morgan fingerprint density at radius 1 is 1.20 bits per heavy atom. The minimum absolute atomic E-state index is 0.118. The second kappa shape index (κ2) is 5.73. The molecular formula is C15H21N3O2. The molecule has 1 heterocycles. The van der Waals surface area contributed by atoms with Crippen molar-refractivity contribution in [3.05, 3.63) is 47.6 Å². The molecule has 0 aliphatic rings. The molecule has 108 valence electrons. The van der Waals surface area contributed by atoms with Crippen LogP contribution < -0.4 is 5.73 Å². The van der Waals surface area contributed by atoms with E-state index in [9.17, 15) is 0 Å². The van der Waals surface area contributed by atoms with Gasteiger partial charge in [0.1, 0.15) is 12.1 Å². The first-order chi connectivity index (χ1) is 9.43. The summed E-state index contributed by atoms with van der Waals surface area (Å²) < 4.78 is 10.8. The SMILES string of the molecule is COC(c1noc([C@H](N)c2ccccc2)n1)C(C)(C)C. The van der Waals surface area contributed by atoms with Crippen molar-refractivity contribution in [3.63, 3.8) is 0 Å². The van der Waals surface area contributed by atoms with Crippen LogP contribution in [-0.2, 0) is 4.74 Å². The van der Waals surface area contributed by atoms with Gasteiger partial charge < -0.3 is 15.0 Å². The minimum Gasteiger partial charge on any atom is -0.373 e. The lowest BCUT2D eigenvalue weighted by atomic mass is 9.88. The van der Waals surface area contributed by atoms with E-state index in [4.69, 9.17) is 15.0 Å². The second-order valence-electron chi connectivity index (χ2n) is 5.86. The molecule has 0 spiro atoms. The van der Waals surface area contributed by atoms with Gasteiger partial charge in [-0.1, -0.05) is 56.3 Å². The number of hydrogen-bond acceptors (Lipinski definition) is 5. The van der Waals surface area contributed by atoms with E-state index in [1.54, 1.807) is 7.11 Å². The van der Waals surface area contributed by atoms with E-state index < -0.39 is 6.04 Å². The van der Waals surface area contributed by atoms with Crippen LogP contribution in [0.1, 0.15) is 50.2 Å². The Hall–Kier alpha value is -1.72. The van der Waals surface area contributed by atoms with Gasteiger partial charge in [-0.2, -0.15) is 4.98 Å². The van der Waals surface area contributed by atoms with Gasteiger partial charge >= 0.3 is 0 Å². The molecule has 0 saturated heterocycles. The van der Waals surface area contributed by atoms with Crippen molar-refractivity contribution in [1.29, 1.82) is 0 Å². The first-order valence-corrected chi connectivity index (χ1v) is 6.60. The summed E-state index contributed by atoms with van der Waals surface area (Å²) in [6.07, 6.45) is -0.233. The fourth-order valence-electron chi connectivity index (χ4n) is 2.13. The molecule has 1 aromatic carbocycles. The van der Waals surface area contributed by atoms with E-state index in [2.05, 4.69) is 30.9 Å². The van der Waals surface area contributed by atoms with Crippen LogP contribution in [0.25, 0.3) is 0 Å². The largest absolute Gasteiger partial charge is 0.373 e. The highest BCUT2D eigenvalue weighted by Crippen LogP contribution is 2.34. The zero-order valence-corrected chi connectivity index (χ0v) is 12.3. The Labute approximate surface area is 119 Å². The third kappa shape index (κ3) is 3.05. The molecule has 5 heteroatoms. The molecular weight excluding hydrogens is 254 g/mol. The van der Waals surface area contributed by atoms with E-state index >= 15 is 0 Å². The average Bonchev–Trinajstić information content (AvgIpc) is 2.87. The molecule has 0 fully saturated rings. The first-order valence-electron chi connectivity index (χ1n) is 6.60. The monoisotopic (exact) mass is 275 g/mol. The maximum absolute atomic E-state index is 6.14. The summed E-state index contributed by atoms with van der Waals surface area (Å²) in [5.41, 5.74) is 6.96. The molecule has 2 N–H and O–H groups in total. The molecule has 2 atom stereocenters. The van der Waals surface area contributed by atoms with Gasteiger partial charge in [-0.05, 0) is 11.0 Å². The van der Waals surface area contributed by atoms with Gasteiger partial charge in [0.15, 0.2) is 0 Å². The fraction of sp³-hybridized carbons (Fsp3) is 0.467. The standard InChI is InChI=1S/C15H21N3O2/c1-15(2,3)12(19-4)13-17-14(20-18-13)11(16)10-8-6-5-7-9-10/h5-9,11-12H,16H2,1-4H3/t11-,12?/m1/s1. The number of methoxy groups -OCH3 is 1. The van der Waals surface area contributed by atoms with Gasteiger partial charge in [0.2, 0.25) is 11.7 Å². The molecule has 20 heavy (non-hydrogen) atoms. The van der Waals surface area contributed by atoms with Gasteiger partial charge in [-0.15, -0.1) is 0 Å². The van der Waals surface area contributed by atoms with E-state index in [0.29, 0.717) is 11.7 Å². The Bertz CT molecular complexity index is 546. The Kier molecular flexibility index (Phi) is 4.20. The van der Waals surface area contributed by atoms with Gasteiger partial charge in [-0.3, -0.25) is 0 Å². The number of aromatic nitrogens is 2. The normalized spacial score (nSPS) is 15.1. The van der Waals surface area contributed by atoms with Crippen molar-refractivity contribution < 1.29 is 9.26 Å². The van der Waals surface area contributed by atoms with Gasteiger partial charge in [0.25, 0.3) is 0 Å². The lowest BCUT2D eigenvalue weighted by molar-refractivity contribution is 0.00718. The molecule has 0 aliphatic carbocycles. The van der Waals surface area contributed by atoms with Crippen LogP contribution in [0.5, 0.6) is 0 Å². The van der Waals surface area contributed by atoms with Crippen molar-refractivity contribution in [2.45, 2.75) is 32.9 Å². The number of nitrogens with two attached hydrogens (primary N) is 1. The molecule has 2 rings (SSSR count). The molecule has 5 nitrogen and oxygen atoms in total. The number of hydrogen-bond donors (Lipinski definition) is 1. The van der Waals surface area contributed by atoms with Gasteiger partial charge in [0.05, 0.1) is 0 Å². The lowest BCUT2D eigenvalue weighted by Gasteiger charge is -2.26. The third-order valence-corrected chi connectivity index (χ3v) is 3.14. The quantitative estimate of drug-likeness (QED) is 0.928. The highest BCUT2D eigenvalue weighted by Gasteiger charge is 2.31. The molecule has 1 unspecified atom stereocenters. The van der Waals surface area contributed by atoms with Crippen molar-refractivity contribution >= 4 is 0 Å². The van der Waals surface area contributed by atoms with Crippen LogP contribution >= 0.6 is 0 Å². The van der Waals surface area contributed by atoms with E-state index in [-0.39, 0.29) is 11.5 Å². The summed E-state index contributed by atoms with van der Waals surface area (Å²) in [6.45, 7) is 6.19. The highest BCUT2D eigenvalue weighted by atomic mass is 16.5. The van der Waals surface area contributed by atoms with E-state index in [1.165, 1.54) is 0 Å². The number of benzene rings is 1. The van der Waals surface area contributed by atoms with Crippen LogP contribution in [-0.4, -0.2) is 17.3 Å². The van der Waals surface area contributed by atoms with Crippen molar-refractivity contribution in [3.8, 4) is 0 Å². The molecule has 0 radical (unpaired) electrons. The summed E-state index contributed by atoms with van der Waals surface area (Å²) in [5, 5.41) is 4.01. The fourth-order valence-corrected chi connectivity index (χ4v) is 2.13. The predicted molar refractivity (Wildman–Crippen MR) is 76.0 cm³/mol. The molecule has 0 bridgehead atoms. The summed E-state index contributed by atoms with van der Waals surface area (Å²) >= 11 is 0. The van der Waals surface area contributed by atoms with Crippen molar-refractivity contribution in [2.24, 2.45) is 11.1 Å². The summed E-state index contributed by atoms with van der Waals surface area (Å²) in [4.78, 5) is 4.40. The van der Waals surface area contributed by atoms with Crippen LogP contribution in [0.4, 0.5) is 0 Å². The zero-order chi connectivity index (χ0) is 14.8. The molecule has 2 aromatic rings. The minimum atomic E-state index is -0.421. The van der Waals surface area contributed by atoms with Crippen molar-refractivity contribution in [2.75, 3.05) is 7.11 Å². The maximum atomic E-state index is 6.14. The van der Waals surface area contributed by atoms with E-state index in [1.807, 2.05) is 30.3 Å². The molecule has 0 saturated carbocycles. The molecule has 0 amide bonds. The molecule has 0 aliphatic heterocycles. The van der Waals surface area contributed by atoms with Crippen LogP contribution in [0.3, 0.4) is 0 Å². The van der Waals surface area contributed by atoms with E-state index in [0.717, 1.165) is 5.56 Å². The lowest BCUT2D eigenvalue weighted by Crippen LogP contribution is -2.21. The van der Waals surface area contributed by atoms with Crippen LogP contribution in [0, 0.1) is 5.41 Å². The predicted octanol–water partition coefficient (Wildman–Crippen LogP) is 2.85. The first kappa shape index (κ1) is 14.7. The highest BCUT2D eigenvalue weighted by molar-refractivity contribution is 5.23. The summed E-state index contributed by atoms with van der Waals surface area (Å²) in [7, 11) is 1.64. The zero-order valence-electron chi connectivity index (χ0n) is 12.3. The Morgan fingerprint density at radius 2 is 1.85 bits per heavy atom. The van der Waals surface area contributed by atoms with Crippen LogP contribution in [0.2, 0.25) is 0 Å². The van der Waals surface area contributed by atoms with Gasteiger partial charge in [0, 0.05) is 7.11 Å².